The summed E-state index contributed by atoms with van der Waals surface area (Å²) in [6.45, 7) is 10.9. The van der Waals surface area contributed by atoms with E-state index in [9.17, 15) is 13.2 Å². The van der Waals surface area contributed by atoms with E-state index in [2.05, 4.69) is 38.8 Å². The molecule has 0 unspecified atom stereocenters. The number of hydrogen-bond donors (Lipinski definition) is 0. The number of aryl methyl sites for hydroxylation is 2. The monoisotopic (exact) mass is 395 g/mol. The summed E-state index contributed by atoms with van der Waals surface area (Å²) in [5, 5.41) is 0.0739. The summed E-state index contributed by atoms with van der Waals surface area (Å²) in [4.78, 5) is 3.97. The Bertz CT molecular complexity index is 857. The molecule has 0 spiro atoms. The quantitative estimate of drug-likeness (QED) is 0.553. The number of hydrogen-bond acceptors (Lipinski definition) is 3. The summed E-state index contributed by atoms with van der Waals surface area (Å²) < 4.78 is 51.0. The van der Waals surface area contributed by atoms with E-state index in [1.54, 1.807) is 6.07 Å². The summed E-state index contributed by atoms with van der Waals surface area (Å²) in [7, 11) is -1.97. The summed E-state index contributed by atoms with van der Waals surface area (Å²) in [5.74, 6) is 1.50. The van der Waals surface area contributed by atoms with Gasteiger partial charge in [0.15, 0.2) is 0 Å². The van der Waals surface area contributed by atoms with Crippen LogP contribution in [0.4, 0.5) is 13.2 Å². The minimum absolute atomic E-state index is 0.0739. The summed E-state index contributed by atoms with van der Waals surface area (Å²) in [5.41, 5.74) is 0.645. The van der Waals surface area contributed by atoms with Crippen molar-refractivity contribution in [1.29, 1.82) is 0 Å². The lowest BCUT2D eigenvalue weighted by Crippen LogP contribution is -2.43. The molecule has 1 aromatic carbocycles. The number of fused-ring (bicyclic) bond motifs is 2. The van der Waals surface area contributed by atoms with Crippen LogP contribution < -0.4 is 9.16 Å². The van der Waals surface area contributed by atoms with Crippen LogP contribution in [-0.2, 0) is 19.0 Å². The van der Waals surface area contributed by atoms with Crippen molar-refractivity contribution < 1.29 is 22.3 Å². The molecule has 0 amide bonds. The molecule has 3 rings (SSSR count). The number of rotatable bonds is 2. The second kappa shape index (κ2) is 6.55. The van der Waals surface area contributed by atoms with Gasteiger partial charge in [-0.2, -0.15) is 13.2 Å². The van der Waals surface area contributed by atoms with Crippen LogP contribution >= 0.6 is 0 Å². The van der Waals surface area contributed by atoms with E-state index in [-0.39, 0.29) is 10.8 Å². The van der Waals surface area contributed by atoms with E-state index in [0.29, 0.717) is 24.3 Å². The van der Waals surface area contributed by atoms with E-state index in [0.717, 1.165) is 23.6 Å². The van der Waals surface area contributed by atoms with Crippen LogP contribution in [0.25, 0.3) is 0 Å². The summed E-state index contributed by atoms with van der Waals surface area (Å²) in [6.07, 6.45) is -2.43. The molecule has 2 heterocycles. The molecular formula is C20H24F3NO2Si. The fourth-order valence-corrected chi connectivity index (χ4v) is 3.66. The summed E-state index contributed by atoms with van der Waals surface area (Å²) in [6, 6.07) is 6.56. The molecule has 7 heteroatoms. The molecule has 1 aliphatic rings. The minimum Gasteiger partial charge on any atom is -0.543 e. The fraction of sp³-hybridized carbons (Fsp3) is 0.450. The number of ether oxygens (including phenoxy) is 1. The van der Waals surface area contributed by atoms with E-state index >= 15 is 0 Å². The van der Waals surface area contributed by atoms with Crippen molar-refractivity contribution in [3.8, 4) is 17.2 Å². The molecule has 0 N–H and O–H groups in total. The van der Waals surface area contributed by atoms with E-state index in [1.807, 2.05) is 12.1 Å². The highest BCUT2D eigenvalue weighted by atomic mass is 28.4. The van der Waals surface area contributed by atoms with Crippen molar-refractivity contribution in [2.24, 2.45) is 0 Å². The first-order valence-corrected chi connectivity index (χ1v) is 11.8. The molecule has 0 atom stereocenters. The Morgan fingerprint density at radius 2 is 1.74 bits per heavy atom. The zero-order valence-corrected chi connectivity index (χ0v) is 17.2. The second-order valence-corrected chi connectivity index (χ2v) is 13.1. The number of nitrogens with zero attached hydrogens (tertiary/aromatic N) is 1. The largest absolute Gasteiger partial charge is 0.543 e. The maximum Gasteiger partial charge on any atom is 0.418 e. The van der Waals surface area contributed by atoms with Gasteiger partial charge in [0.1, 0.15) is 17.2 Å². The van der Waals surface area contributed by atoms with Crippen molar-refractivity contribution in [3.63, 3.8) is 0 Å². The first-order chi connectivity index (χ1) is 12.4. The van der Waals surface area contributed by atoms with Gasteiger partial charge in [0, 0.05) is 6.20 Å². The molecule has 0 radical (unpaired) electrons. The molecule has 1 aromatic heterocycles. The van der Waals surface area contributed by atoms with Gasteiger partial charge in [-0.25, -0.2) is 0 Å². The van der Waals surface area contributed by atoms with E-state index < -0.39 is 20.1 Å². The third-order valence-corrected chi connectivity index (χ3v) is 9.68. The van der Waals surface area contributed by atoms with Crippen LogP contribution in [0.2, 0.25) is 18.1 Å². The van der Waals surface area contributed by atoms with Gasteiger partial charge in [0.25, 0.3) is 0 Å². The number of aromatic nitrogens is 1. The van der Waals surface area contributed by atoms with Crippen molar-refractivity contribution in [2.75, 3.05) is 0 Å². The van der Waals surface area contributed by atoms with Crippen LogP contribution in [0.1, 0.15) is 37.6 Å². The number of halogens is 3. The van der Waals surface area contributed by atoms with Crippen molar-refractivity contribution in [2.45, 2.75) is 57.9 Å². The van der Waals surface area contributed by atoms with Gasteiger partial charge in [-0.1, -0.05) is 20.8 Å². The molecule has 2 aromatic rings. The van der Waals surface area contributed by atoms with Crippen LogP contribution in [0.15, 0.2) is 30.5 Å². The van der Waals surface area contributed by atoms with Gasteiger partial charge >= 0.3 is 6.18 Å². The topological polar surface area (TPSA) is 31.4 Å². The third kappa shape index (κ3) is 4.13. The van der Waals surface area contributed by atoms with Gasteiger partial charge in [-0.15, -0.1) is 0 Å². The standard InChI is InChI=1S/C20H24F3NO2Si/c1-19(2,3)27(4,5)26-15-7-9-17-13(10-15)6-8-16-18(25-17)11-14(12-24-16)20(21,22)23/h7,9-12H,6,8H2,1-5H3. The van der Waals surface area contributed by atoms with Gasteiger partial charge in [-0.3, -0.25) is 4.98 Å². The summed E-state index contributed by atoms with van der Waals surface area (Å²) >= 11 is 0. The smallest absolute Gasteiger partial charge is 0.418 e. The normalized spacial score (nSPS) is 14.7. The highest BCUT2D eigenvalue weighted by molar-refractivity contribution is 6.74. The molecule has 0 bridgehead atoms. The predicted molar refractivity (Wildman–Crippen MR) is 101 cm³/mol. The van der Waals surface area contributed by atoms with Gasteiger partial charge in [0.05, 0.1) is 11.3 Å². The van der Waals surface area contributed by atoms with Crippen LogP contribution in [-0.4, -0.2) is 13.3 Å². The lowest BCUT2D eigenvalue weighted by Gasteiger charge is -2.36. The zero-order valence-electron chi connectivity index (χ0n) is 16.2. The first kappa shape index (κ1) is 19.7. The average molecular weight is 395 g/mol. The Balaban J connectivity index is 1.89. The highest BCUT2D eigenvalue weighted by Crippen LogP contribution is 2.41. The molecule has 27 heavy (non-hydrogen) atoms. The molecule has 0 saturated heterocycles. The Kier molecular flexibility index (Phi) is 4.78. The van der Waals surface area contributed by atoms with Crippen LogP contribution in [0.5, 0.6) is 17.2 Å². The molecule has 0 fully saturated rings. The Hall–Kier alpha value is -2.02. The Morgan fingerprint density at radius 3 is 2.37 bits per heavy atom. The van der Waals surface area contributed by atoms with Gasteiger partial charge in [0.2, 0.25) is 8.32 Å². The number of pyridine rings is 1. The SMILES string of the molecule is CC(C)(C)[Si](C)(C)Oc1ccc2c(c1)CCc1ncc(C(F)(F)F)cc1O2. The molecule has 0 aliphatic carbocycles. The van der Waals surface area contributed by atoms with Crippen LogP contribution in [0.3, 0.4) is 0 Å². The molecule has 0 saturated carbocycles. The first-order valence-electron chi connectivity index (χ1n) is 8.93. The molecular weight excluding hydrogens is 371 g/mol. The predicted octanol–water partition coefficient (Wildman–Crippen LogP) is 6.38. The van der Waals surface area contributed by atoms with Crippen molar-refractivity contribution in [1.82, 2.24) is 4.98 Å². The van der Waals surface area contributed by atoms with Crippen molar-refractivity contribution in [3.05, 3.63) is 47.3 Å². The highest BCUT2D eigenvalue weighted by Gasteiger charge is 2.39. The van der Waals surface area contributed by atoms with Crippen LogP contribution in [0, 0.1) is 0 Å². The molecule has 146 valence electrons. The van der Waals surface area contributed by atoms with Gasteiger partial charge < -0.3 is 9.16 Å². The average Bonchev–Trinajstić information content (AvgIpc) is 2.71. The Morgan fingerprint density at radius 1 is 1.04 bits per heavy atom. The lowest BCUT2D eigenvalue weighted by atomic mass is 10.1. The third-order valence-electron chi connectivity index (χ3n) is 5.32. The van der Waals surface area contributed by atoms with Gasteiger partial charge in [-0.05, 0) is 60.8 Å². The second-order valence-electron chi connectivity index (χ2n) is 8.40. The minimum atomic E-state index is -4.44. The fourth-order valence-electron chi connectivity index (χ4n) is 2.64. The molecule has 1 aliphatic heterocycles. The lowest BCUT2D eigenvalue weighted by molar-refractivity contribution is -0.137. The zero-order chi connectivity index (χ0) is 20.0. The number of alkyl halides is 3. The van der Waals surface area contributed by atoms with E-state index in [4.69, 9.17) is 9.16 Å². The van der Waals surface area contributed by atoms with E-state index in [1.165, 1.54) is 0 Å². The Labute approximate surface area is 158 Å². The van der Waals surface area contributed by atoms with Crippen molar-refractivity contribution >= 4 is 8.32 Å². The molecule has 3 nitrogen and oxygen atoms in total. The maximum absolute atomic E-state index is 13.0. The maximum atomic E-state index is 13.0. The number of benzene rings is 1.